The summed E-state index contributed by atoms with van der Waals surface area (Å²) in [5, 5.41) is 11.3. The maximum absolute atomic E-state index is 13.0. The molecule has 0 saturated carbocycles. The number of amides is 1. The Balaban J connectivity index is 1.74. The Bertz CT molecular complexity index is 1040. The molecular formula is C26H31NO3S. The van der Waals surface area contributed by atoms with E-state index in [0.717, 1.165) is 10.5 Å². The van der Waals surface area contributed by atoms with Gasteiger partial charge in [0.05, 0.1) is 12.1 Å². The molecule has 0 spiro atoms. The maximum atomic E-state index is 13.0. The maximum Gasteiger partial charge on any atom is 0.289 e. The van der Waals surface area contributed by atoms with E-state index < -0.39 is 12.1 Å². The Morgan fingerprint density at radius 2 is 1.74 bits per heavy atom. The molecule has 2 aromatic carbocycles. The molecule has 31 heavy (non-hydrogen) atoms. The van der Waals surface area contributed by atoms with Crippen molar-refractivity contribution in [2.45, 2.75) is 62.2 Å². The van der Waals surface area contributed by atoms with Crippen molar-refractivity contribution in [3.05, 3.63) is 83.1 Å². The van der Waals surface area contributed by atoms with Crippen molar-refractivity contribution in [2.75, 3.05) is 7.05 Å². The molecule has 2 atom stereocenters. The predicted molar refractivity (Wildman–Crippen MR) is 126 cm³/mol. The second kappa shape index (κ2) is 9.33. The van der Waals surface area contributed by atoms with Gasteiger partial charge in [0.1, 0.15) is 0 Å². The van der Waals surface area contributed by atoms with Gasteiger partial charge in [0.25, 0.3) is 5.91 Å². The van der Waals surface area contributed by atoms with E-state index in [9.17, 15) is 9.90 Å². The monoisotopic (exact) mass is 437 g/mol. The molecule has 5 heteroatoms. The van der Waals surface area contributed by atoms with Crippen molar-refractivity contribution in [3.8, 4) is 0 Å². The average molecular weight is 438 g/mol. The summed E-state index contributed by atoms with van der Waals surface area (Å²) in [7, 11) is 1.69. The number of benzene rings is 2. The topological polar surface area (TPSA) is 53.7 Å². The lowest BCUT2D eigenvalue weighted by Crippen LogP contribution is -2.38. The first-order valence-corrected chi connectivity index (χ1v) is 11.3. The summed E-state index contributed by atoms with van der Waals surface area (Å²) in [6.07, 6.45) is -0.776. The first-order valence-electron chi connectivity index (χ1n) is 10.5. The molecule has 1 amide bonds. The van der Waals surface area contributed by atoms with Crippen LogP contribution in [0.2, 0.25) is 0 Å². The van der Waals surface area contributed by atoms with Gasteiger partial charge in [-0.15, -0.1) is 0 Å². The van der Waals surface area contributed by atoms with E-state index in [2.05, 4.69) is 45.9 Å². The summed E-state index contributed by atoms with van der Waals surface area (Å²) in [6, 6.07) is 19.0. The number of furan rings is 1. The van der Waals surface area contributed by atoms with Crippen LogP contribution in [0, 0.1) is 6.92 Å². The van der Waals surface area contributed by atoms with E-state index in [1.54, 1.807) is 13.1 Å². The molecule has 0 radical (unpaired) electrons. The number of aryl methyl sites for hydroxylation is 1. The SMILES string of the molecule is Cc1ccc(C(C)(C)C)cc1Sc1ccc(C(=O)N(C)[C@@H](C)[C@H](O)c2ccccc2)o1. The Kier molecular flexibility index (Phi) is 6.97. The van der Waals surface area contributed by atoms with E-state index in [4.69, 9.17) is 4.42 Å². The molecule has 0 fully saturated rings. The summed E-state index contributed by atoms with van der Waals surface area (Å²) in [5.74, 6) is 0.0104. The number of carbonyl (C=O) groups is 1. The zero-order chi connectivity index (χ0) is 22.8. The van der Waals surface area contributed by atoms with E-state index in [1.807, 2.05) is 43.3 Å². The number of aliphatic hydroxyl groups excluding tert-OH is 1. The normalized spacial score (nSPS) is 13.6. The Labute approximate surface area is 189 Å². The third-order valence-corrected chi connectivity index (χ3v) is 6.67. The Morgan fingerprint density at radius 3 is 2.39 bits per heavy atom. The van der Waals surface area contributed by atoms with Crippen LogP contribution in [0.4, 0.5) is 0 Å². The van der Waals surface area contributed by atoms with Crippen LogP contribution in [-0.4, -0.2) is 29.0 Å². The van der Waals surface area contributed by atoms with Gasteiger partial charge < -0.3 is 14.4 Å². The van der Waals surface area contributed by atoms with Crippen LogP contribution < -0.4 is 0 Å². The second-order valence-corrected chi connectivity index (χ2v) is 10.0. The van der Waals surface area contributed by atoms with Crippen LogP contribution in [0.1, 0.15) is 61.0 Å². The van der Waals surface area contributed by atoms with E-state index in [0.29, 0.717) is 5.09 Å². The highest BCUT2D eigenvalue weighted by Gasteiger charge is 2.27. The molecule has 4 nitrogen and oxygen atoms in total. The van der Waals surface area contributed by atoms with Crippen LogP contribution >= 0.6 is 11.8 Å². The van der Waals surface area contributed by atoms with Crippen LogP contribution in [0.15, 0.2) is 75.1 Å². The molecule has 0 aliphatic heterocycles. The number of aliphatic hydroxyl groups is 1. The summed E-state index contributed by atoms with van der Waals surface area (Å²) >= 11 is 1.52. The van der Waals surface area contributed by atoms with Gasteiger partial charge >= 0.3 is 0 Å². The lowest BCUT2D eigenvalue weighted by atomic mass is 9.87. The zero-order valence-electron chi connectivity index (χ0n) is 19.0. The van der Waals surface area contributed by atoms with Gasteiger partial charge in [-0.1, -0.05) is 75.0 Å². The molecule has 1 heterocycles. The van der Waals surface area contributed by atoms with Crippen molar-refractivity contribution in [2.24, 2.45) is 0 Å². The minimum Gasteiger partial charge on any atom is -0.444 e. The second-order valence-electron chi connectivity index (χ2n) is 8.96. The van der Waals surface area contributed by atoms with Gasteiger partial charge in [0.2, 0.25) is 0 Å². The molecule has 3 aromatic rings. The van der Waals surface area contributed by atoms with Crippen LogP contribution in [0.5, 0.6) is 0 Å². The fourth-order valence-corrected chi connectivity index (χ4v) is 4.17. The van der Waals surface area contributed by atoms with Gasteiger partial charge in [0.15, 0.2) is 10.9 Å². The highest BCUT2D eigenvalue weighted by atomic mass is 32.2. The first kappa shape index (κ1) is 23.2. The molecule has 0 bridgehead atoms. The minimum absolute atomic E-state index is 0.0612. The summed E-state index contributed by atoms with van der Waals surface area (Å²) in [5.41, 5.74) is 3.26. The fourth-order valence-electron chi connectivity index (χ4n) is 3.27. The number of likely N-dealkylation sites (N-methyl/N-ethyl adjacent to an activating group) is 1. The van der Waals surface area contributed by atoms with Crippen molar-refractivity contribution in [3.63, 3.8) is 0 Å². The summed E-state index contributed by atoms with van der Waals surface area (Å²) < 4.78 is 5.88. The van der Waals surface area contributed by atoms with Crippen LogP contribution in [0.3, 0.4) is 0 Å². The van der Waals surface area contributed by atoms with Crippen molar-refractivity contribution >= 4 is 17.7 Å². The molecule has 0 aliphatic carbocycles. The van der Waals surface area contributed by atoms with E-state index >= 15 is 0 Å². The number of rotatable bonds is 6. The quantitative estimate of drug-likeness (QED) is 0.497. The van der Waals surface area contributed by atoms with Gasteiger partial charge in [-0.3, -0.25) is 4.79 Å². The van der Waals surface area contributed by atoms with E-state index in [1.165, 1.54) is 27.8 Å². The van der Waals surface area contributed by atoms with E-state index in [-0.39, 0.29) is 17.1 Å². The highest BCUT2D eigenvalue weighted by molar-refractivity contribution is 7.99. The van der Waals surface area contributed by atoms with Gasteiger partial charge in [-0.25, -0.2) is 0 Å². The number of carbonyl (C=O) groups excluding carboxylic acids is 1. The lowest BCUT2D eigenvalue weighted by Gasteiger charge is -2.28. The fraction of sp³-hybridized carbons (Fsp3) is 0.346. The summed E-state index contributed by atoms with van der Waals surface area (Å²) in [6.45, 7) is 10.5. The van der Waals surface area contributed by atoms with Crippen LogP contribution in [0.25, 0.3) is 0 Å². The molecule has 0 unspecified atom stereocenters. The highest BCUT2D eigenvalue weighted by Crippen LogP contribution is 2.35. The van der Waals surface area contributed by atoms with Gasteiger partial charge in [0, 0.05) is 11.9 Å². The molecule has 164 valence electrons. The molecule has 1 aromatic heterocycles. The number of hydrogen-bond donors (Lipinski definition) is 1. The van der Waals surface area contributed by atoms with Gasteiger partial charge in [-0.05, 0) is 54.2 Å². The molecular weight excluding hydrogens is 406 g/mol. The number of nitrogens with zero attached hydrogens (tertiary/aromatic N) is 1. The molecule has 1 N–H and O–H groups in total. The van der Waals surface area contributed by atoms with Crippen molar-refractivity contribution in [1.82, 2.24) is 4.90 Å². The van der Waals surface area contributed by atoms with Crippen molar-refractivity contribution < 1.29 is 14.3 Å². The third kappa shape index (κ3) is 5.41. The number of hydrogen-bond acceptors (Lipinski definition) is 4. The Hall–Kier alpha value is -2.50. The average Bonchev–Trinajstić information content (AvgIpc) is 3.21. The first-order chi connectivity index (χ1) is 14.6. The lowest BCUT2D eigenvalue weighted by molar-refractivity contribution is 0.0457. The Morgan fingerprint density at radius 1 is 1.06 bits per heavy atom. The predicted octanol–water partition coefficient (Wildman–Crippen LogP) is 6.23. The van der Waals surface area contributed by atoms with Crippen LogP contribution in [-0.2, 0) is 5.41 Å². The smallest absolute Gasteiger partial charge is 0.289 e. The third-order valence-electron chi connectivity index (χ3n) is 5.59. The molecule has 0 aliphatic rings. The minimum atomic E-state index is -0.776. The van der Waals surface area contributed by atoms with Crippen molar-refractivity contribution in [1.29, 1.82) is 0 Å². The molecule has 3 rings (SSSR count). The zero-order valence-corrected chi connectivity index (χ0v) is 19.9. The van der Waals surface area contributed by atoms with Gasteiger partial charge in [-0.2, -0.15) is 0 Å². The standard InChI is InChI=1S/C26H31NO3S/c1-17-12-13-20(26(3,4)5)16-22(17)31-23-15-14-21(30-23)25(29)27(6)18(2)24(28)19-10-8-7-9-11-19/h7-16,18,24,28H,1-6H3/t18-,24-/m0/s1. The largest absolute Gasteiger partial charge is 0.444 e. The molecule has 0 saturated heterocycles. The summed E-state index contributed by atoms with van der Waals surface area (Å²) in [4.78, 5) is 15.6.